The lowest BCUT2D eigenvalue weighted by Crippen LogP contribution is -2.45. The van der Waals surface area contributed by atoms with Crippen LogP contribution in [0.4, 0.5) is 13.2 Å². The zero-order chi connectivity index (χ0) is 30.5. The van der Waals surface area contributed by atoms with Gasteiger partial charge in [0.1, 0.15) is 12.1 Å². The van der Waals surface area contributed by atoms with Crippen LogP contribution < -0.4 is 10.6 Å². The van der Waals surface area contributed by atoms with Gasteiger partial charge in [0.05, 0.1) is 17.5 Å². The van der Waals surface area contributed by atoms with E-state index in [0.717, 1.165) is 92.6 Å². The van der Waals surface area contributed by atoms with E-state index in [1.807, 2.05) is 14.1 Å². The second-order valence-corrected chi connectivity index (χ2v) is 12.0. The Morgan fingerprint density at radius 1 is 1.02 bits per heavy atom. The van der Waals surface area contributed by atoms with Crippen LogP contribution in [0.5, 0.6) is 0 Å². The number of amides is 1. The smallest absolute Gasteiger partial charge is 0.359 e. The monoisotopic (exact) mass is 578 g/mol. The van der Waals surface area contributed by atoms with Gasteiger partial charge in [-0.2, -0.15) is 13.2 Å². The summed E-state index contributed by atoms with van der Waals surface area (Å²) in [5, 5.41) is 5.59. The van der Waals surface area contributed by atoms with E-state index in [-0.39, 0.29) is 11.3 Å². The number of imidazole rings is 1. The summed E-state index contributed by atoms with van der Waals surface area (Å²) in [6.45, 7) is 4.52. The maximum absolute atomic E-state index is 12.5. The molecule has 2 fully saturated rings. The summed E-state index contributed by atoms with van der Waals surface area (Å²) in [4.78, 5) is 29.5. The molecule has 2 unspecified atom stereocenters. The summed E-state index contributed by atoms with van der Waals surface area (Å²) in [6, 6.07) is 5.03. The van der Waals surface area contributed by atoms with Crippen LogP contribution in [0.1, 0.15) is 89.4 Å². The third-order valence-corrected chi connectivity index (χ3v) is 8.03. The number of aryl methyl sites for hydroxylation is 1. The molecule has 0 aliphatic heterocycles. The average Bonchev–Trinajstić information content (AvgIpc) is 3.39. The second-order valence-electron chi connectivity index (χ2n) is 12.0. The fourth-order valence-corrected chi connectivity index (χ4v) is 6.42. The molecule has 0 spiro atoms. The van der Waals surface area contributed by atoms with Crippen LogP contribution in [0.2, 0.25) is 0 Å². The molecule has 0 radical (unpaired) electrons. The first-order valence-corrected chi connectivity index (χ1v) is 14.9. The summed E-state index contributed by atoms with van der Waals surface area (Å²) in [5.41, 5.74) is 0.663. The summed E-state index contributed by atoms with van der Waals surface area (Å²) >= 11 is 0. The molecular weight excluding hydrogens is 529 g/mol. The Morgan fingerprint density at radius 2 is 1.61 bits per heavy atom. The number of nitrogens with one attached hydrogen (secondary N) is 3. The first-order chi connectivity index (χ1) is 19.4. The number of alkyl halides is 3. The van der Waals surface area contributed by atoms with E-state index in [0.29, 0.717) is 12.0 Å². The lowest BCUT2D eigenvalue weighted by atomic mass is 9.59. The van der Waals surface area contributed by atoms with Gasteiger partial charge in [-0.3, -0.25) is 4.79 Å². The van der Waals surface area contributed by atoms with Crippen molar-refractivity contribution >= 4 is 12.2 Å². The van der Waals surface area contributed by atoms with E-state index in [1.54, 1.807) is 13.2 Å². The van der Waals surface area contributed by atoms with Gasteiger partial charge < -0.3 is 20.4 Å². The number of halogens is 3. The van der Waals surface area contributed by atoms with Gasteiger partial charge in [-0.15, -0.1) is 0 Å². The molecule has 9 heteroatoms. The maximum atomic E-state index is 12.5. The van der Waals surface area contributed by atoms with Crippen molar-refractivity contribution < 1.29 is 22.8 Å². The topological polar surface area (TPSA) is 86.9 Å². The third-order valence-electron chi connectivity index (χ3n) is 8.03. The molecule has 2 bridgehead atoms. The number of hydrogen-bond donors (Lipinski definition) is 3. The van der Waals surface area contributed by atoms with E-state index >= 15 is 0 Å². The van der Waals surface area contributed by atoms with Gasteiger partial charge in [-0.05, 0) is 94.5 Å². The van der Waals surface area contributed by atoms with Gasteiger partial charge in [0, 0.05) is 25.3 Å². The molecule has 2 aromatic rings. The number of benzene rings is 1. The number of unbranched alkanes of at least 4 members (excludes halogenated alkanes) is 4. The van der Waals surface area contributed by atoms with Crippen molar-refractivity contribution in [3.8, 4) is 11.3 Å². The lowest BCUT2D eigenvalue weighted by Gasteiger charge is -2.46. The molecule has 2 saturated carbocycles. The summed E-state index contributed by atoms with van der Waals surface area (Å²) in [7, 11) is 5.51. The number of nitrogens with zero attached hydrogens (tertiary/aromatic N) is 1. The van der Waals surface area contributed by atoms with E-state index in [9.17, 15) is 22.8 Å². The molecule has 4 rings (SSSR count). The van der Waals surface area contributed by atoms with Gasteiger partial charge >= 0.3 is 6.18 Å². The quantitative estimate of drug-likeness (QED) is 0.217. The molecule has 1 heterocycles. The molecule has 2 aliphatic carbocycles. The molecule has 0 saturated heterocycles. The first-order valence-electron chi connectivity index (χ1n) is 14.9. The Morgan fingerprint density at radius 3 is 2.15 bits per heavy atom. The number of fused-ring (bicyclic) bond motifs is 2. The Labute approximate surface area is 243 Å². The first kappa shape index (κ1) is 34.5. The van der Waals surface area contributed by atoms with Gasteiger partial charge in [0.15, 0.2) is 0 Å². The van der Waals surface area contributed by atoms with E-state index in [2.05, 4.69) is 34.4 Å². The van der Waals surface area contributed by atoms with Crippen LogP contribution in [0.25, 0.3) is 11.3 Å². The number of rotatable bonds is 9. The predicted octanol–water partition coefficient (Wildman–Crippen LogP) is 7.21. The minimum absolute atomic E-state index is 0.0809. The molecule has 2 aliphatic rings. The SMILES string of the molecule is CNC.CNC(=O)C1(C)CC2CC(C)CC(C2)C1.O=CCCCCCCc1ncc(-c2ccc(C(F)(F)F)cc2)[nH]1. The molecule has 1 aromatic carbocycles. The third kappa shape index (κ3) is 11.3. The molecule has 3 N–H and O–H groups in total. The number of hydrogen-bond acceptors (Lipinski definition) is 4. The van der Waals surface area contributed by atoms with Crippen LogP contribution in [-0.2, 0) is 22.2 Å². The number of aromatic amines is 1. The Hall–Kier alpha value is -2.68. The Balaban J connectivity index is 0.000000280. The van der Waals surface area contributed by atoms with Crippen molar-refractivity contribution in [3.63, 3.8) is 0 Å². The number of H-pyrrole nitrogens is 1. The number of carbonyl (C=O) groups is 2. The molecule has 1 amide bonds. The maximum Gasteiger partial charge on any atom is 0.416 e. The average molecular weight is 579 g/mol. The second kappa shape index (κ2) is 16.7. The van der Waals surface area contributed by atoms with Gasteiger partial charge in [0.2, 0.25) is 5.91 Å². The molecule has 41 heavy (non-hydrogen) atoms. The van der Waals surface area contributed by atoms with Crippen molar-refractivity contribution in [2.24, 2.45) is 23.2 Å². The highest BCUT2D eigenvalue weighted by atomic mass is 19.4. The molecule has 230 valence electrons. The van der Waals surface area contributed by atoms with E-state index in [4.69, 9.17) is 0 Å². The highest BCUT2D eigenvalue weighted by molar-refractivity contribution is 5.82. The van der Waals surface area contributed by atoms with Crippen LogP contribution >= 0.6 is 0 Å². The van der Waals surface area contributed by atoms with Crippen molar-refractivity contribution in [1.29, 1.82) is 0 Å². The Kier molecular flexibility index (Phi) is 14.0. The van der Waals surface area contributed by atoms with Crippen molar-refractivity contribution in [3.05, 3.63) is 41.9 Å². The predicted molar refractivity (Wildman–Crippen MR) is 158 cm³/mol. The van der Waals surface area contributed by atoms with Gasteiger partial charge in [-0.25, -0.2) is 4.98 Å². The highest BCUT2D eigenvalue weighted by Crippen LogP contribution is 2.50. The zero-order valence-electron chi connectivity index (χ0n) is 25.4. The zero-order valence-corrected chi connectivity index (χ0v) is 25.4. The van der Waals surface area contributed by atoms with Crippen LogP contribution in [-0.4, -0.2) is 43.3 Å². The summed E-state index contributed by atoms with van der Waals surface area (Å²) in [6.07, 6.45) is 9.85. The van der Waals surface area contributed by atoms with Gasteiger partial charge in [-0.1, -0.05) is 38.8 Å². The standard InChI is InChI=1S/C17H19F3N2O.C13H23NO.C2H7N/c18-17(19,20)14-9-7-13(8-10-14)15-12-21-16(22-15)6-4-2-1-3-5-11-23;1-9-4-10-6-11(5-9)8-13(2,7-10)12(15)14-3;1-3-2/h7-12H,1-6H2,(H,21,22);9-11H,4-8H2,1-3H3,(H,14,15);3H,1-2H3. The number of carbonyl (C=O) groups excluding carboxylic acids is 2. The molecule has 6 nitrogen and oxygen atoms in total. The molecular formula is C32H49F3N4O2. The minimum atomic E-state index is -4.32. The normalized spacial score (nSPS) is 23.4. The summed E-state index contributed by atoms with van der Waals surface area (Å²) < 4.78 is 37.6. The van der Waals surface area contributed by atoms with Crippen molar-refractivity contribution in [1.82, 2.24) is 20.6 Å². The summed E-state index contributed by atoms with van der Waals surface area (Å²) in [5.74, 6) is 3.56. The van der Waals surface area contributed by atoms with E-state index in [1.165, 1.54) is 31.4 Å². The minimum Gasteiger partial charge on any atom is -0.359 e. The largest absolute Gasteiger partial charge is 0.416 e. The number of aromatic nitrogens is 2. The van der Waals surface area contributed by atoms with Gasteiger partial charge in [0.25, 0.3) is 0 Å². The van der Waals surface area contributed by atoms with Crippen LogP contribution in [0, 0.1) is 23.2 Å². The fourth-order valence-electron chi connectivity index (χ4n) is 6.42. The molecule has 1 aromatic heterocycles. The highest BCUT2D eigenvalue weighted by Gasteiger charge is 2.44. The number of aldehydes is 1. The lowest BCUT2D eigenvalue weighted by molar-refractivity contribution is -0.137. The van der Waals surface area contributed by atoms with Crippen LogP contribution in [0.3, 0.4) is 0 Å². The fraction of sp³-hybridized carbons (Fsp3) is 0.656. The van der Waals surface area contributed by atoms with Crippen LogP contribution in [0.15, 0.2) is 30.5 Å². The molecule has 2 atom stereocenters. The van der Waals surface area contributed by atoms with Crippen molar-refractivity contribution in [2.75, 3.05) is 21.1 Å². The Bertz CT molecular complexity index is 1030. The van der Waals surface area contributed by atoms with Crippen molar-refractivity contribution in [2.45, 2.75) is 90.7 Å². The van der Waals surface area contributed by atoms with E-state index < -0.39 is 11.7 Å².